The third-order valence-electron chi connectivity index (χ3n) is 6.16. The molecule has 1 amide bonds. The van der Waals surface area contributed by atoms with Crippen molar-refractivity contribution in [3.63, 3.8) is 0 Å². The molecule has 1 aliphatic heterocycles. The maximum atomic E-state index is 12.7. The van der Waals surface area contributed by atoms with E-state index in [1.807, 2.05) is 25.3 Å². The number of aromatic nitrogens is 1. The molecule has 3 aromatic rings. The first-order chi connectivity index (χ1) is 16.3. The van der Waals surface area contributed by atoms with Gasteiger partial charge in [-0.2, -0.15) is 13.2 Å². The summed E-state index contributed by atoms with van der Waals surface area (Å²) in [5, 5.41) is 0. The van der Waals surface area contributed by atoms with Crippen LogP contribution in [0.3, 0.4) is 0 Å². The van der Waals surface area contributed by atoms with Gasteiger partial charge in [0, 0.05) is 25.0 Å². The van der Waals surface area contributed by atoms with Crippen LogP contribution in [0.5, 0.6) is 5.75 Å². The van der Waals surface area contributed by atoms with Crippen molar-refractivity contribution >= 4 is 6.09 Å². The van der Waals surface area contributed by atoms with Crippen molar-refractivity contribution in [3.05, 3.63) is 94.8 Å². The highest BCUT2D eigenvalue weighted by molar-refractivity contribution is 5.70. The number of rotatable bonds is 5. The summed E-state index contributed by atoms with van der Waals surface area (Å²) in [6.45, 7) is 3.33. The lowest BCUT2D eigenvalue weighted by atomic mass is 9.92. The van der Waals surface area contributed by atoms with E-state index in [0.29, 0.717) is 31.2 Å². The molecule has 7 heteroatoms. The van der Waals surface area contributed by atoms with Gasteiger partial charge in [-0.15, -0.1) is 0 Å². The fraction of sp³-hybridized carbons (Fsp3) is 0.333. The summed E-state index contributed by atoms with van der Waals surface area (Å²) in [5.74, 6) is 0.955. The lowest BCUT2D eigenvalue weighted by Gasteiger charge is -2.31. The van der Waals surface area contributed by atoms with E-state index in [1.54, 1.807) is 17.0 Å². The molecule has 34 heavy (non-hydrogen) atoms. The fourth-order valence-electron chi connectivity index (χ4n) is 4.12. The molecule has 0 unspecified atom stereocenters. The van der Waals surface area contributed by atoms with Crippen LogP contribution in [0.2, 0.25) is 0 Å². The average molecular weight is 469 g/mol. The largest absolute Gasteiger partial charge is 0.416 e. The normalized spacial score (nSPS) is 14.8. The lowest BCUT2D eigenvalue weighted by Crippen LogP contribution is -2.40. The first-order valence-electron chi connectivity index (χ1n) is 11.4. The van der Waals surface area contributed by atoms with Gasteiger partial charge < -0.3 is 9.64 Å². The predicted molar refractivity (Wildman–Crippen MR) is 124 cm³/mol. The number of benzene rings is 2. The van der Waals surface area contributed by atoms with Gasteiger partial charge in [0.15, 0.2) is 0 Å². The number of hydrogen-bond acceptors (Lipinski definition) is 3. The number of amides is 1. The van der Waals surface area contributed by atoms with Crippen LogP contribution in [0.1, 0.15) is 40.8 Å². The van der Waals surface area contributed by atoms with Crippen LogP contribution in [0.4, 0.5) is 18.0 Å². The monoisotopic (exact) mass is 468 g/mol. The van der Waals surface area contributed by atoms with E-state index in [2.05, 4.69) is 17.1 Å². The molecular weight excluding hydrogens is 441 g/mol. The van der Waals surface area contributed by atoms with Gasteiger partial charge >= 0.3 is 12.3 Å². The molecule has 4 nitrogen and oxygen atoms in total. The second-order valence-corrected chi connectivity index (χ2v) is 8.84. The molecule has 0 aliphatic carbocycles. The molecule has 0 N–H and O–H groups in total. The van der Waals surface area contributed by atoms with Crippen LogP contribution in [-0.4, -0.2) is 29.1 Å². The maximum absolute atomic E-state index is 12.7. The van der Waals surface area contributed by atoms with Gasteiger partial charge in [-0.3, -0.25) is 4.98 Å². The second kappa shape index (κ2) is 10.3. The van der Waals surface area contributed by atoms with E-state index in [9.17, 15) is 18.0 Å². The minimum absolute atomic E-state index is 0.359. The Morgan fingerprint density at radius 1 is 0.971 bits per heavy atom. The number of ether oxygens (including phenoxy) is 1. The number of aryl methyl sites for hydroxylation is 1. The SMILES string of the molecule is Cc1ccc(CC2CCN(C(=O)Oc3ccc(Cc4ccc(C(F)(F)F)cc4)cc3)CC2)nc1. The number of hydrogen-bond donors (Lipinski definition) is 0. The maximum Gasteiger partial charge on any atom is 0.416 e. The minimum Gasteiger partial charge on any atom is -0.410 e. The highest BCUT2D eigenvalue weighted by atomic mass is 19.4. The Kier molecular flexibility index (Phi) is 7.20. The van der Waals surface area contributed by atoms with Gasteiger partial charge in [0.25, 0.3) is 0 Å². The molecule has 0 spiro atoms. The van der Waals surface area contributed by atoms with E-state index in [1.165, 1.54) is 12.1 Å². The van der Waals surface area contributed by atoms with Crippen LogP contribution in [0, 0.1) is 12.8 Å². The molecule has 1 saturated heterocycles. The van der Waals surface area contributed by atoms with Gasteiger partial charge in [-0.05, 0) is 85.5 Å². The van der Waals surface area contributed by atoms with Crippen molar-refractivity contribution in [3.8, 4) is 5.75 Å². The molecule has 2 aromatic carbocycles. The number of nitrogens with zero attached hydrogens (tertiary/aromatic N) is 2. The number of likely N-dealkylation sites (tertiary alicyclic amines) is 1. The topological polar surface area (TPSA) is 42.4 Å². The second-order valence-electron chi connectivity index (χ2n) is 8.84. The Labute approximate surface area is 197 Å². The molecule has 1 fully saturated rings. The van der Waals surface area contributed by atoms with E-state index < -0.39 is 11.7 Å². The summed E-state index contributed by atoms with van der Waals surface area (Å²) in [6, 6.07) is 16.4. The van der Waals surface area contributed by atoms with Crippen LogP contribution < -0.4 is 4.74 Å². The Morgan fingerprint density at radius 3 is 2.15 bits per heavy atom. The number of carbonyl (C=O) groups is 1. The quantitative estimate of drug-likeness (QED) is 0.432. The van der Waals surface area contributed by atoms with E-state index in [-0.39, 0.29) is 6.09 Å². The van der Waals surface area contributed by atoms with Gasteiger partial charge in [-0.1, -0.05) is 30.3 Å². The zero-order valence-electron chi connectivity index (χ0n) is 19.0. The molecule has 178 valence electrons. The average Bonchev–Trinajstić information content (AvgIpc) is 2.82. The summed E-state index contributed by atoms with van der Waals surface area (Å²) < 4.78 is 43.6. The summed E-state index contributed by atoms with van der Waals surface area (Å²) in [4.78, 5) is 18.8. The zero-order chi connectivity index (χ0) is 24.1. The molecule has 0 radical (unpaired) electrons. The number of carbonyl (C=O) groups excluding carboxylic acids is 1. The van der Waals surface area contributed by atoms with Crippen LogP contribution in [0.25, 0.3) is 0 Å². The first-order valence-corrected chi connectivity index (χ1v) is 11.4. The van der Waals surface area contributed by atoms with Crippen LogP contribution in [0.15, 0.2) is 66.9 Å². The lowest BCUT2D eigenvalue weighted by molar-refractivity contribution is -0.137. The summed E-state index contributed by atoms with van der Waals surface area (Å²) >= 11 is 0. The van der Waals surface area contributed by atoms with Gasteiger partial charge in [-0.25, -0.2) is 4.79 Å². The van der Waals surface area contributed by atoms with Crippen molar-refractivity contribution < 1.29 is 22.7 Å². The molecule has 2 heterocycles. The summed E-state index contributed by atoms with van der Waals surface area (Å²) in [6.07, 6.45) is 0.434. The van der Waals surface area contributed by atoms with Gasteiger partial charge in [0.2, 0.25) is 0 Å². The smallest absolute Gasteiger partial charge is 0.410 e. The Morgan fingerprint density at radius 2 is 1.59 bits per heavy atom. The van der Waals surface area contributed by atoms with E-state index >= 15 is 0 Å². The van der Waals surface area contributed by atoms with Gasteiger partial charge in [0.05, 0.1) is 5.56 Å². The van der Waals surface area contributed by atoms with E-state index in [0.717, 1.165) is 53.8 Å². The highest BCUT2D eigenvalue weighted by Gasteiger charge is 2.30. The van der Waals surface area contributed by atoms with Crippen molar-refractivity contribution in [2.45, 2.75) is 38.8 Å². The van der Waals surface area contributed by atoms with Crippen molar-refractivity contribution in [1.82, 2.24) is 9.88 Å². The number of halogens is 3. The molecule has 1 aromatic heterocycles. The molecule has 4 rings (SSSR count). The van der Waals surface area contributed by atoms with Crippen molar-refractivity contribution in [2.75, 3.05) is 13.1 Å². The molecule has 1 aliphatic rings. The van der Waals surface area contributed by atoms with Crippen molar-refractivity contribution in [2.24, 2.45) is 5.92 Å². The van der Waals surface area contributed by atoms with E-state index in [4.69, 9.17) is 4.74 Å². The fourth-order valence-corrected chi connectivity index (χ4v) is 4.12. The van der Waals surface area contributed by atoms with Crippen LogP contribution >= 0.6 is 0 Å². The minimum atomic E-state index is -4.34. The molecular formula is C27H27F3N2O2. The van der Waals surface area contributed by atoms with Gasteiger partial charge in [0.1, 0.15) is 5.75 Å². The van der Waals surface area contributed by atoms with Crippen molar-refractivity contribution in [1.29, 1.82) is 0 Å². The van der Waals surface area contributed by atoms with Crippen LogP contribution in [-0.2, 0) is 19.0 Å². The Hall–Kier alpha value is -3.35. The number of piperidine rings is 1. The molecule has 0 bridgehead atoms. The summed E-state index contributed by atoms with van der Waals surface area (Å²) in [7, 11) is 0. The third-order valence-corrected chi connectivity index (χ3v) is 6.16. The highest BCUT2D eigenvalue weighted by Crippen LogP contribution is 2.29. The number of pyridine rings is 1. The Balaban J connectivity index is 1.25. The summed E-state index contributed by atoms with van der Waals surface area (Å²) in [5.41, 5.74) is 3.28. The number of alkyl halides is 3. The molecule has 0 saturated carbocycles. The first kappa shape index (κ1) is 23.8. The standard InChI is InChI=1S/C27H27F3N2O2/c1-19-2-9-24(31-18-19)17-22-12-14-32(15-13-22)26(33)34-25-10-5-21(6-11-25)16-20-3-7-23(8-4-20)27(28,29)30/h2-11,18,22H,12-17H2,1H3. The zero-order valence-corrected chi connectivity index (χ0v) is 19.0. The Bertz CT molecular complexity index is 1090. The third kappa shape index (κ3) is 6.37. The molecule has 0 atom stereocenters. The predicted octanol–water partition coefficient (Wildman–Crippen LogP) is 6.45.